The minimum Gasteiger partial charge on any atom is -0.352 e. The zero-order valence-corrected chi connectivity index (χ0v) is 20.3. The van der Waals surface area contributed by atoms with Gasteiger partial charge in [0.05, 0.1) is 10.3 Å². The zero-order chi connectivity index (χ0) is 23.5. The molecule has 0 spiro atoms. The van der Waals surface area contributed by atoms with Gasteiger partial charge in [-0.3, -0.25) is 9.59 Å². The maximum atomic E-state index is 12.5. The van der Waals surface area contributed by atoms with Crippen molar-refractivity contribution in [2.75, 3.05) is 13.1 Å². The summed E-state index contributed by atoms with van der Waals surface area (Å²) in [5, 5.41) is 3.44. The number of thiophene rings is 1. The number of H-pyrrole nitrogens is 1. The van der Waals surface area contributed by atoms with Crippen LogP contribution in [0.15, 0.2) is 34.0 Å². The minimum absolute atomic E-state index is 0.174. The summed E-state index contributed by atoms with van der Waals surface area (Å²) in [6.45, 7) is 8.58. The number of rotatable bonds is 9. The van der Waals surface area contributed by atoms with Crippen LogP contribution in [0.5, 0.6) is 0 Å². The largest absolute Gasteiger partial charge is 0.352 e. The zero-order valence-electron chi connectivity index (χ0n) is 18.7. The van der Waals surface area contributed by atoms with E-state index in [4.69, 9.17) is 0 Å². The molecular formula is C22H28N4O4S2. The number of aromatic amines is 1. The molecule has 8 nitrogen and oxygen atoms in total. The molecule has 0 saturated carbocycles. The number of fused-ring (bicyclic) bond motifs is 1. The van der Waals surface area contributed by atoms with Crippen LogP contribution < -0.4 is 10.9 Å². The highest BCUT2D eigenvalue weighted by molar-refractivity contribution is 7.89. The van der Waals surface area contributed by atoms with Crippen LogP contribution in [-0.4, -0.2) is 41.7 Å². The lowest BCUT2D eigenvalue weighted by Crippen LogP contribution is -2.30. The Morgan fingerprint density at radius 2 is 1.81 bits per heavy atom. The van der Waals surface area contributed by atoms with Crippen LogP contribution in [-0.2, 0) is 27.8 Å². The number of aryl methyl sites for hydroxylation is 3. The highest BCUT2D eigenvalue weighted by Gasteiger charge is 2.21. The minimum atomic E-state index is -3.50. The van der Waals surface area contributed by atoms with Crippen molar-refractivity contribution in [2.24, 2.45) is 0 Å². The number of carbonyl (C=O) groups excluding carboxylic acids is 1. The summed E-state index contributed by atoms with van der Waals surface area (Å²) >= 11 is 1.48. The molecule has 172 valence electrons. The number of nitrogens with zero attached hydrogens (tertiary/aromatic N) is 2. The van der Waals surface area contributed by atoms with Gasteiger partial charge in [-0.05, 0) is 37.1 Å². The molecule has 3 rings (SSSR count). The third-order valence-electron chi connectivity index (χ3n) is 5.43. The fourth-order valence-corrected chi connectivity index (χ4v) is 5.94. The number of hydrogen-bond donors (Lipinski definition) is 2. The quantitative estimate of drug-likeness (QED) is 0.493. The number of amides is 1. The molecule has 0 unspecified atom stereocenters. The van der Waals surface area contributed by atoms with Gasteiger partial charge in [0.1, 0.15) is 10.7 Å². The third-order valence-corrected chi connectivity index (χ3v) is 8.60. The summed E-state index contributed by atoms with van der Waals surface area (Å²) in [4.78, 5) is 33.8. The molecule has 1 amide bonds. The molecule has 2 heterocycles. The Kier molecular flexibility index (Phi) is 7.47. The van der Waals surface area contributed by atoms with Gasteiger partial charge in [0, 0.05) is 37.4 Å². The standard InChI is InChI=1S/C22H28N4O4S2/c1-5-26(6-2)32(29,30)17-9-7-16(8-10-17)13-23-19(27)12-11-18-24-21(28)20-14(3)15(4)31-22(20)25-18/h7-10H,5-6,11-13H2,1-4H3,(H,23,27)(H,24,25,28). The van der Waals surface area contributed by atoms with Crippen molar-refractivity contribution in [3.05, 3.63) is 56.4 Å². The van der Waals surface area contributed by atoms with Crippen molar-refractivity contribution in [1.82, 2.24) is 19.6 Å². The Balaban J connectivity index is 1.57. The molecule has 0 aliphatic heterocycles. The Labute approximate surface area is 191 Å². The summed E-state index contributed by atoms with van der Waals surface area (Å²) in [6, 6.07) is 6.52. The van der Waals surface area contributed by atoms with Crippen molar-refractivity contribution in [3.8, 4) is 0 Å². The second-order valence-electron chi connectivity index (χ2n) is 7.49. The predicted molar refractivity (Wildman–Crippen MR) is 126 cm³/mol. The number of nitrogens with one attached hydrogen (secondary N) is 2. The SMILES string of the molecule is CCN(CC)S(=O)(=O)c1ccc(CNC(=O)CCc2nc3sc(C)c(C)c3c(=O)[nH]2)cc1. The van der Waals surface area contributed by atoms with E-state index in [0.717, 1.165) is 16.0 Å². The van der Waals surface area contributed by atoms with Crippen LogP contribution in [0, 0.1) is 13.8 Å². The van der Waals surface area contributed by atoms with E-state index in [1.807, 2.05) is 13.8 Å². The smallest absolute Gasteiger partial charge is 0.259 e. The van der Waals surface area contributed by atoms with Gasteiger partial charge >= 0.3 is 0 Å². The molecule has 1 aromatic carbocycles. The monoisotopic (exact) mass is 476 g/mol. The second kappa shape index (κ2) is 9.93. The highest BCUT2D eigenvalue weighted by atomic mass is 32.2. The average Bonchev–Trinajstić information content (AvgIpc) is 3.05. The van der Waals surface area contributed by atoms with Gasteiger partial charge in [0.2, 0.25) is 15.9 Å². The topological polar surface area (TPSA) is 112 Å². The summed E-state index contributed by atoms with van der Waals surface area (Å²) < 4.78 is 26.5. The van der Waals surface area contributed by atoms with Gasteiger partial charge in [-0.2, -0.15) is 4.31 Å². The molecule has 2 N–H and O–H groups in total. The van der Waals surface area contributed by atoms with Gasteiger partial charge in [0.25, 0.3) is 5.56 Å². The Bertz CT molecular complexity index is 1270. The first-order valence-corrected chi connectivity index (χ1v) is 12.8. The fraction of sp³-hybridized carbons (Fsp3) is 0.409. The lowest BCUT2D eigenvalue weighted by Gasteiger charge is -2.18. The summed E-state index contributed by atoms with van der Waals surface area (Å²) in [6.07, 6.45) is 0.514. The molecule has 3 aromatic rings. The van der Waals surface area contributed by atoms with Gasteiger partial charge in [-0.1, -0.05) is 26.0 Å². The molecule has 2 aromatic heterocycles. The number of hydrogen-bond acceptors (Lipinski definition) is 6. The molecule has 0 bridgehead atoms. The van der Waals surface area contributed by atoms with Crippen molar-refractivity contribution in [1.29, 1.82) is 0 Å². The number of sulfonamides is 1. The molecule has 0 saturated heterocycles. The first-order valence-electron chi connectivity index (χ1n) is 10.5. The molecule has 32 heavy (non-hydrogen) atoms. The summed E-state index contributed by atoms with van der Waals surface area (Å²) in [7, 11) is -3.50. The first-order chi connectivity index (χ1) is 15.2. The van der Waals surface area contributed by atoms with E-state index in [0.29, 0.717) is 35.6 Å². The lowest BCUT2D eigenvalue weighted by atomic mass is 10.2. The van der Waals surface area contributed by atoms with Crippen LogP contribution in [0.1, 0.15) is 42.1 Å². The Morgan fingerprint density at radius 1 is 1.16 bits per heavy atom. The van der Waals surface area contributed by atoms with E-state index in [9.17, 15) is 18.0 Å². The molecule has 0 atom stereocenters. The molecule has 0 aliphatic carbocycles. The summed E-state index contributed by atoms with van der Waals surface area (Å²) in [5.41, 5.74) is 1.57. The van der Waals surface area contributed by atoms with Crippen molar-refractivity contribution >= 4 is 37.5 Å². The van der Waals surface area contributed by atoms with E-state index in [1.165, 1.54) is 15.6 Å². The van der Waals surface area contributed by atoms with Gasteiger partial charge in [-0.25, -0.2) is 13.4 Å². The number of benzene rings is 1. The molecular weight excluding hydrogens is 448 g/mol. The maximum absolute atomic E-state index is 12.5. The van der Waals surface area contributed by atoms with E-state index >= 15 is 0 Å². The maximum Gasteiger partial charge on any atom is 0.259 e. The van der Waals surface area contributed by atoms with Crippen LogP contribution in [0.2, 0.25) is 0 Å². The van der Waals surface area contributed by atoms with Crippen LogP contribution >= 0.6 is 11.3 Å². The average molecular weight is 477 g/mol. The van der Waals surface area contributed by atoms with E-state index in [1.54, 1.807) is 38.1 Å². The van der Waals surface area contributed by atoms with Crippen LogP contribution in [0.3, 0.4) is 0 Å². The first kappa shape index (κ1) is 24.1. The Hall–Kier alpha value is -2.56. The number of aromatic nitrogens is 2. The van der Waals surface area contributed by atoms with E-state index < -0.39 is 10.0 Å². The van der Waals surface area contributed by atoms with Crippen molar-refractivity contribution in [3.63, 3.8) is 0 Å². The van der Waals surface area contributed by atoms with Gasteiger partial charge in [-0.15, -0.1) is 11.3 Å². The second-order valence-corrected chi connectivity index (χ2v) is 10.6. The third kappa shape index (κ3) is 5.08. The molecule has 10 heteroatoms. The van der Waals surface area contributed by atoms with Crippen LogP contribution in [0.4, 0.5) is 0 Å². The van der Waals surface area contributed by atoms with Crippen molar-refractivity contribution < 1.29 is 13.2 Å². The van der Waals surface area contributed by atoms with E-state index in [-0.39, 0.29) is 29.3 Å². The van der Waals surface area contributed by atoms with E-state index in [2.05, 4.69) is 15.3 Å². The molecule has 0 radical (unpaired) electrons. The normalized spacial score (nSPS) is 11.9. The summed E-state index contributed by atoms with van der Waals surface area (Å²) in [5.74, 6) is 0.316. The Morgan fingerprint density at radius 3 is 2.44 bits per heavy atom. The lowest BCUT2D eigenvalue weighted by molar-refractivity contribution is -0.121. The fourth-order valence-electron chi connectivity index (χ4n) is 3.43. The van der Waals surface area contributed by atoms with Crippen molar-refractivity contribution in [2.45, 2.75) is 52.0 Å². The highest BCUT2D eigenvalue weighted by Crippen LogP contribution is 2.25. The number of carbonyl (C=O) groups is 1. The van der Waals surface area contributed by atoms with Crippen LogP contribution in [0.25, 0.3) is 10.2 Å². The molecule has 0 aliphatic rings. The molecule has 0 fully saturated rings. The van der Waals surface area contributed by atoms with Gasteiger partial charge in [0.15, 0.2) is 0 Å². The predicted octanol–water partition coefficient (Wildman–Crippen LogP) is 2.88. The van der Waals surface area contributed by atoms with Gasteiger partial charge < -0.3 is 10.3 Å².